The van der Waals surface area contributed by atoms with Crippen molar-refractivity contribution in [2.75, 3.05) is 0 Å². The van der Waals surface area contributed by atoms with Crippen LogP contribution in [0.25, 0.3) is 10.6 Å². The van der Waals surface area contributed by atoms with E-state index in [-0.39, 0.29) is 0 Å². The molecule has 0 aliphatic rings. The summed E-state index contributed by atoms with van der Waals surface area (Å²) < 4.78 is 5.71. The van der Waals surface area contributed by atoms with Crippen molar-refractivity contribution < 1.29 is 9.94 Å². The van der Waals surface area contributed by atoms with Crippen LogP contribution >= 0.6 is 11.3 Å². The largest absolute Gasteiger partial charge is 0.487 e. The van der Waals surface area contributed by atoms with Crippen molar-refractivity contribution in [2.45, 2.75) is 6.61 Å². The number of rotatable bonds is 5. The first kappa shape index (κ1) is 14.3. The van der Waals surface area contributed by atoms with Gasteiger partial charge in [0.25, 0.3) is 0 Å². The molecule has 0 saturated carbocycles. The Morgan fingerprint density at radius 1 is 1.09 bits per heavy atom. The van der Waals surface area contributed by atoms with Gasteiger partial charge in [-0.15, -0.1) is 11.3 Å². The summed E-state index contributed by atoms with van der Waals surface area (Å²) in [5, 5.41) is 14.5. The summed E-state index contributed by atoms with van der Waals surface area (Å²) in [5.74, 6) is 0.754. The highest BCUT2D eigenvalue weighted by Crippen LogP contribution is 2.24. The number of benzene rings is 2. The highest BCUT2D eigenvalue weighted by atomic mass is 32.1. The van der Waals surface area contributed by atoms with Crippen molar-refractivity contribution in [3.63, 3.8) is 0 Å². The third kappa shape index (κ3) is 3.51. The molecule has 0 fully saturated rings. The van der Waals surface area contributed by atoms with E-state index in [1.54, 1.807) is 11.3 Å². The Hall–Kier alpha value is -2.66. The summed E-state index contributed by atoms with van der Waals surface area (Å²) in [6.45, 7) is 0.427. The molecule has 5 heteroatoms. The molecule has 3 rings (SSSR count). The second kappa shape index (κ2) is 6.87. The predicted octanol–water partition coefficient (Wildman–Crippen LogP) is 4.20. The number of ether oxygens (including phenoxy) is 1. The Kier molecular flexibility index (Phi) is 4.46. The molecule has 0 aliphatic carbocycles. The van der Waals surface area contributed by atoms with E-state index < -0.39 is 0 Å². The fraction of sp³-hybridized carbons (Fsp3) is 0.0588. The lowest BCUT2D eigenvalue weighted by molar-refractivity contribution is 0.302. The number of hydrogen-bond donors (Lipinski definition) is 1. The van der Waals surface area contributed by atoms with Gasteiger partial charge in [-0.25, -0.2) is 4.98 Å². The third-order valence-corrected chi connectivity index (χ3v) is 3.99. The molecule has 110 valence electrons. The first-order chi connectivity index (χ1) is 10.8. The number of aromatic nitrogens is 1. The molecule has 0 radical (unpaired) electrons. The lowest BCUT2D eigenvalue weighted by Crippen LogP contribution is -1.96. The van der Waals surface area contributed by atoms with Gasteiger partial charge in [-0.05, 0) is 29.8 Å². The van der Waals surface area contributed by atoms with E-state index in [4.69, 9.17) is 9.94 Å². The molecule has 0 atom stereocenters. The van der Waals surface area contributed by atoms with Gasteiger partial charge in [0.1, 0.15) is 17.4 Å². The molecular formula is C17H14N2O2S. The van der Waals surface area contributed by atoms with Gasteiger partial charge in [0.15, 0.2) is 0 Å². The van der Waals surface area contributed by atoms with Crippen molar-refractivity contribution in [1.82, 2.24) is 4.98 Å². The molecule has 0 aliphatic heterocycles. The minimum Gasteiger partial charge on any atom is -0.487 e. The highest BCUT2D eigenvalue weighted by Gasteiger charge is 2.05. The molecule has 0 bridgehead atoms. The lowest BCUT2D eigenvalue weighted by atomic mass is 10.2. The zero-order valence-corrected chi connectivity index (χ0v) is 12.5. The van der Waals surface area contributed by atoms with Crippen LogP contribution in [-0.4, -0.2) is 16.4 Å². The van der Waals surface area contributed by atoms with Crippen LogP contribution < -0.4 is 4.74 Å². The molecular weight excluding hydrogens is 296 g/mol. The van der Waals surface area contributed by atoms with Crippen molar-refractivity contribution in [1.29, 1.82) is 0 Å². The van der Waals surface area contributed by atoms with E-state index in [0.717, 1.165) is 27.6 Å². The number of nitrogens with zero attached hydrogens (tertiary/aromatic N) is 2. The van der Waals surface area contributed by atoms with Crippen LogP contribution in [0.4, 0.5) is 0 Å². The Balaban J connectivity index is 1.63. The topological polar surface area (TPSA) is 54.7 Å². The van der Waals surface area contributed by atoms with Crippen LogP contribution in [-0.2, 0) is 6.61 Å². The SMILES string of the molecule is ON=Cc1ccc(OCc2csc(-c3ccccc3)n2)cc1. The van der Waals surface area contributed by atoms with Crippen LogP contribution in [0.1, 0.15) is 11.3 Å². The summed E-state index contributed by atoms with van der Waals surface area (Å²) in [5.41, 5.74) is 2.84. The Labute approximate surface area is 132 Å². The molecule has 0 unspecified atom stereocenters. The highest BCUT2D eigenvalue weighted by molar-refractivity contribution is 7.13. The molecule has 2 aromatic carbocycles. The Bertz CT molecular complexity index is 752. The van der Waals surface area contributed by atoms with Crippen LogP contribution in [0.15, 0.2) is 65.1 Å². The third-order valence-electron chi connectivity index (χ3n) is 3.05. The van der Waals surface area contributed by atoms with E-state index in [1.165, 1.54) is 6.21 Å². The van der Waals surface area contributed by atoms with Gasteiger partial charge >= 0.3 is 0 Å². The van der Waals surface area contributed by atoms with Crippen LogP contribution in [0.2, 0.25) is 0 Å². The second-order valence-corrected chi connectivity index (χ2v) is 5.47. The number of oxime groups is 1. The predicted molar refractivity (Wildman–Crippen MR) is 87.7 cm³/mol. The zero-order chi connectivity index (χ0) is 15.2. The van der Waals surface area contributed by atoms with Gasteiger partial charge in [0.2, 0.25) is 0 Å². The smallest absolute Gasteiger partial charge is 0.131 e. The second-order valence-electron chi connectivity index (χ2n) is 4.61. The maximum absolute atomic E-state index is 8.47. The zero-order valence-electron chi connectivity index (χ0n) is 11.7. The van der Waals surface area contributed by atoms with E-state index in [0.29, 0.717) is 6.61 Å². The van der Waals surface area contributed by atoms with E-state index in [9.17, 15) is 0 Å². The molecule has 3 aromatic rings. The van der Waals surface area contributed by atoms with Crippen molar-refractivity contribution >= 4 is 17.6 Å². The first-order valence-electron chi connectivity index (χ1n) is 6.75. The quantitative estimate of drug-likeness (QED) is 0.436. The van der Waals surface area contributed by atoms with E-state index in [1.807, 2.05) is 60.0 Å². The fourth-order valence-corrected chi connectivity index (χ4v) is 2.77. The molecule has 1 N–H and O–H groups in total. The fourth-order valence-electron chi connectivity index (χ4n) is 1.96. The average molecular weight is 310 g/mol. The Morgan fingerprint density at radius 3 is 2.59 bits per heavy atom. The molecule has 0 spiro atoms. The number of thiazole rings is 1. The summed E-state index contributed by atoms with van der Waals surface area (Å²) in [6, 6.07) is 17.4. The first-order valence-corrected chi connectivity index (χ1v) is 7.63. The molecule has 1 aromatic heterocycles. The minimum atomic E-state index is 0.427. The van der Waals surface area contributed by atoms with Crippen molar-refractivity contribution in [3.05, 3.63) is 71.2 Å². The maximum atomic E-state index is 8.47. The van der Waals surface area contributed by atoms with Gasteiger partial charge < -0.3 is 9.94 Å². The standard InChI is InChI=1S/C17H14N2O2S/c20-18-10-13-6-8-16(9-7-13)21-11-15-12-22-17(19-15)14-4-2-1-3-5-14/h1-10,12,20H,11H2. The average Bonchev–Trinajstić information content (AvgIpc) is 3.04. The monoisotopic (exact) mass is 310 g/mol. The lowest BCUT2D eigenvalue weighted by Gasteiger charge is -2.04. The molecule has 1 heterocycles. The maximum Gasteiger partial charge on any atom is 0.131 e. The van der Waals surface area contributed by atoms with E-state index in [2.05, 4.69) is 10.1 Å². The van der Waals surface area contributed by atoms with Crippen LogP contribution in [0, 0.1) is 0 Å². The van der Waals surface area contributed by atoms with Gasteiger partial charge in [-0.2, -0.15) is 0 Å². The van der Waals surface area contributed by atoms with E-state index >= 15 is 0 Å². The molecule has 0 amide bonds. The summed E-state index contributed by atoms with van der Waals surface area (Å²) in [4.78, 5) is 4.58. The van der Waals surface area contributed by atoms with Gasteiger partial charge in [0, 0.05) is 10.9 Å². The van der Waals surface area contributed by atoms with Crippen molar-refractivity contribution in [3.8, 4) is 16.3 Å². The molecule has 22 heavy (non-hydrogen) atoms. The molecule has 4 nitrogen and oxygen atoms in total. The normalized spacial score (nSPS) is 10.9. The summed E-state index contributed by atoms with van der Waals surface area (Å²) in [7, 11) is 0. The summed E-state index contributed by atoms with van der Waals surface area (Å²) >= 11 is 1.61. The Morgan fingerprint density at radius 2 is 1.86 bits per heavy atom. The summed E-state index contributed by atoms with van der Waals surface area (Å²) in [6.07, 6.45) is 1.37. The van der Waals surface area contributed by atoms with Crippen LogP contribution in [0.3, 0.4) is 0 Å². The van der Waals surface area contributed by atoms with Crippen molar-refractivity contribution in [2.24, 2.45) is 5.16 Å². The number of hydrogen-bond acceptors (Lipinski definition) is 5. The molecule has 0 saturated heterocycles. The van der Waals surface area contributed by atoms with Gasteiger partial charge in [-0.1, -0.05) is 35.5 Å². The van der Waals surface area contributed by atoms with Gasteiger partial charge in [-0.3, -0.25) is 0 Å². The van der Waals surface area contributed by atoms with Crippen LogP contribution in [0.5, 0.6) is 5.75 Å². The minimum absolute atomic E-state index is 0.427. The van der Waals surface area contributed by atoms with Gasteiger partial charge in [0.05, 0.1) is 11.9 Å².